The Morgan fingerprint density at radius 2 is 2.00 bits per heavy atom. The molecule has 1 saturated heterocycles. The van der Waals surface area contributed by atoms with Crippen molar-refractivity contribution in [3.8, 4) is 0 Å². The van der Waals surface area contributed by atoms with E-state index in [2.05, 4.69) is 29.8 Å². The van der Waals surface area contributed by atoms with E-state index in [-0.39, 0.29) is 12.1 Å². The second-order valence-electron chi connectivity index (χ2n) is 7.23. The molecule has 0 aromatic heterocycles. The standard InChI is InChI=1S/C16H33N3O2/c1-12(10-14-8-6-7-9-17-14)19-13(2)11-18-15(20)21-16(3,4)5/h12-14,17,19H,6-11H2,1-5H3,(H,18,20). The molecule has 3 N–H and O–H groups in total. The van der Waals surface area contributed by atoms with E-state index in [0.29, 0.717) is 18.6 Å². The molecular weight excluding hydrogens is 266 g/mol. The Bertz CT molecular complexity index is 309. The van der Waals surface area contributed by atoms with Crippen LogP contribution in [0.4, 0.5) is 4.79 Å². The molecule has 21 heavy (non-hydrogen) atoms. The Balaban J connectivity index is 2.17. The lowest BCUT2D eigenvalue weighted by Gasteiger charge is -2.28. The summed E-state index contributed by atoms with van der Waals surface area (Å²) in [4.78, 5) is 11.6. The van der Waals surface area contributed by atoms with Crippen LogP contribution in [0.2, 0.25) is 0 Å². The van der Waals surface area contributed by atoms with Crippen LogP contribution < -0.4 is 16.0 Å². The highest BCUT2D eigenvalue weighted by atomic mass is 16.6. The predicted octanol–water partition coefficient (Wildman–Crippen LogP) is 2.41. The quantitative estimate of drug-likeness (QED) is 0.705. The Morgan fingerprint density at radius 3 is 2.57 bits per heavy atom. The molecule has 0 aromatic rings. The van der Waals surface area contributed by atoms with Crippen LogP contribution in [0.25, 0.3) is 0 Å². The summed E-state index contributed by atoms with van der Waals surface area (Å²) in [6, 6.07) is 1.31. The van der Waals surface area contributed by atoms with Crippen molar-refractivity contribution in [3.05, 3.63) is 0 Å². The van der Waals surface area contributed by atoms with Gasteiger partial charge in [-0.2, -0.15) is 0 Å². The Morgan fingerprint density at radius 1 is 1.29 bits per heavy atom. The van der Waals surface area contributed by atoms with E-state index < -0.39 is 5.60 Å². The van der Waals surface area contributed by atoms with Crippen LogP contribution >= 0.6 is 0 Å². The Hall–Kier alpha value is -0.810. The number of carbonyl (C=O) groups excluding carboxylic acids is 1. The zero-order valence-corrected chi connectivity index (χ0v) is 14.3. The smallest absolute Gasteiger partial charge is 0.407 e. The minimum atomic E-state index is -0.444. The Labute approximate surface area is 129 Å². The number of rotatable bonds is 6. The highest BCUT2D eigenvalue weighted by molar-refractivity contribution is 5.67. The van der Waals surface area contributed by atoms with E-state index >= 15 is 0 Å². The number of alkyl carbamates (subject to hydrolysis) is 1. The zero-order chi connectivity index (χ0) is 15.9. The van der Waals surface area contributed by atoms with Gasteiger partial charge in [0.2, 0.25) is 0 Å². The molecule has 3 atom stereocenters. The van der Waals surface area contributed by atoms with E-state index in [9.17, 15) is 4.79 Å². The van der Waals surface area contributed by atoms with Gasteiger partial charge in [-0.05, 0) is 60.4 Å². The molecule has 1 fully saturated rings. The van der Waals surface area contributed by atoms with Crippen LogP contribution in [-0.4, -0.2) is 42.9 Å². The van der Waals surface area contributed by atoms with Gasteiger partial charge in [-0.25, -0.2) is 4.79 Å². The summed E-state index contributed by atoms with van der Waals surface area (Å²) in [5, 5.41) is 9.91. The lowest BCUT2D eigenvalue weighted by Crippen LogP contribution is -2.46. The average Bonchev–Trinajstić information content (AvgIpc) is 2.35. The van der Waals surface area contributed by atoms with Crippen LogP contribution in [-0.2, 0) is 4.74 Å². The number of ether oxygens (including phenoxy) is 1. The fourth-order valence-corrected chi connectivity index (χ4v) is 2.72. The summed E-state index contributed by atoms with van der Waals surface area (Å²) in [5.74, 6) is 0. The van der Waals surface area contributed by atoms with Crippen molar-refractivity contribution < 1.29 is 9.53 Å². The normalized spacial score (nSPS) is 22.4. The Kier molecular flexibility index (Phi) is 7.46. The van der Waals surface area contributed by atoms with Gasteiger partial charge in [0.1, 0.15) is 5.60 Å². The molecule has 124 valence electrons. The van der Waals surface area contributed by atoms with Gasteiger partial charge in [0.25, 0.3) is 0 Å². The number of nitrogens with one attached hydrogen (secondary N) is 3. The van der Waals surface area contributed by atoms with E-state index in [1.165, 1.54) is 19.3 Å². The third kappa shape index (κ3) is 8.94. The second-order valence-corrected chi connectivity index (χ2v) is 7.23. The topological polar surface area (TPSA) is 62.4 Å². The van der Waals surface area contributed by atoms with Crippen molar-refractivity contribution in [2.24, 2.45) is 0 Å². The number of piperidine rings is 1. The van der Waals surface area contributed by atoms with Gasteiger partial charge in [0, 0.05) is 24.7 Å². The van der Waals surface area contributed by atoms with Gasteiger partial charge in [-0.15, -0.1) is 0 Å². The summed E-state index contributed by atoms with van der Waals surface area (Å²) in [5.41, 5.74) is -0.444. The van der Waals surface area contributed by atoms with Gasteiger partial charge in [0.05, 0.1) is 0 Å². The minimum Gasteiger partial charge on any atom is -0.444 e. The molecule has 0 aromatic carbocycles. The van der Waals surface area contributed by atoms with Crippen molar-refractivity contribution in [2.75, 3.05) is 13.1 Å². The summed E-state index contributed by atoms with van der Waals surface area (Å²) in [6.07, 6.45) is 4.69. The van der Waals surface area contributed by atoms with Crippen molar-refractivity contribution in [2.45, 2.75) is 84.0 Å². The third-order valence-corrected chi connectivity index (χ3v) is 3.57. The molecule has 3 unspecified atom stereocenters. The highest BCUT2D eigenvalue weighted by Gasteiger charge is 2.18. The van der Waals surface area contributed by atoms with E-state index in [4.69, 9.17) is 4.74 Å². The van der Waals surface area contributed by atoms with Crippen LogP contribution in [0.3, 0.4) is 0 Å². The number of hydrogen-bond acceptors (Lipinski definition) is 4. The van der Waals surface area contributed by atoms with E-state index in [1.54, 1.807) is 0 Å². The van der Waals surface area contributed by atoms with Gasteiger partial charge >= 0.3 is 6.09 Å². The average molecular weight is 299 g/mol. The minimum absolute atomic E-state index is 0.233. The highest BCUT2D eigenvalue weighted by Crippen LogP contribution is 2.12. The summed E-state index contributed by atoms with van der Waals surface area (Å²) in [7, 11) is 0. The van der Waals surface area contributed by atoms with Crippen LogP contribution in [0.5, 0.6) is 0 Å². The summed E-state index contributed by atoms with van der Waals surface area (Å²) < 4.78 is 5.23. The first-order valence-corrected chi connectivity index (χ1v) is 8.22. The van der Waals surface area contributed by atoms with Gasteiger partial charge in [-0.1, -0.05) is 6.42 Å². The molecule has 0 saturated carbocycles. The van der Waals surface area contributed by atoms with Gasteiger partial charge < -0.3 is 20.7 Å². The molecule has 0 radical (unpaired) electrons. The van der Waals surface area contributed by atoms with Crippen molar-refractivity contribution >= 4 is 6.09 Å². The van der Waals surface area contributed by atoms with E-state index in [0.717, 1.165) is 13.0 Å². The maximum absolute atomic E-state index is 11.6. The van der Waals surface area contributed by atoms with E-state index in [1.807, 2.05) is 20.8 Å². The van der Waals surface area contributed by atoms with Gasteiger partial charge in [0.15, 0.2) is 0 Å². The third-order valence-electron chi connectivity index (χ3n) is 3.57. The monoisotopic (exact) mass is 299 g/mol. The van der Waals surface area contributed by atoms with Crippen molar-refractivity contribution in [3.63, 3.8) is 0 Å². The summed E-state index contributed by atoms with van der Waals surface area (Å²) in [6.45, 7) is 11.6. The van der Waals surface area contributed by atoms with Gasteiger partial charge in [-0.3, -0.25) is 0 Å². The maximum Gasteiger partial charge on any atom is 0.407 e. The molecule has 0 bridgehead atoms. The zero-order valence-electron chi connectivity index (χ0n) is 14.3. The summed E-state index contributed by atoms with van der Waals surface area (Å²) >= 11 is 0. The first-order valence-electron chi connectivity index (χ1n) is 8.22. The molecule has 1 rings (SSSR count). The maximum atomic E-state index is 11.6. The molecule has 1 aliphatic rings. The fraction of sp³-hybridized carbons (Fsp3) is 0.938. The van der Waals surface area contributed by atoms with Crippen LogP contribution in [0.15, 0.2) is 0 Å². The number of amides is 1. The van der Waals surface area contributed by atoms with Crippen LogP contribution in [0.1, 0.15) is 60.3 Å². The molecule has 0 aliphatic carbocycles. The number of carbonyl (C=O) groups is 1. The molecular formula is C16H33N3O2. The molecule has 0 spiro atoms. The number of hydrogen-bond donors (Lipinski definition) is 3. The fourth-order valence-electron chi connectivity index (χ4n) is 2.72. The SMILES string of the molecule is CC(CNC(=O)OC(C)(C)C)NC(C)CC1CCCCN1. The lowest BCUT2D eigenvalue weighted by atomic mass is 9.98. The van der Waals surface area contributed by atoms with Crippen LogP contribution in [0, 0.1) is 0 Å². The van der Waals surface area contributed by atoms with Crippen molar-refractivity contribution in [1.29, 1.82) is 0 Å². The molecule has 5 nitrogen and oxygen atoms in total. The second kappa shape index (κ2) is 8.59. The molecule has 1 heterocycles. The molecule has 1 amide bonds. The van der Waals surface area contributed by atoms with Crippen molar-refractivity contribution in [1.82, 2.24) is 16.0 Å². The molecule has 5 heteroatoms. The predicted molar refractivity (Wildman–Crippen MR) is 86.6 cm³/mol. The lowest BCUT2D eigenvalue weighted by molar-refractivity contribution is 0.0522. The first-order chi connectivity index (χ1) is 9.76. The molecule has 1 aliphatic heterocycles. The largest absolute Gasteiger partial charge is 0.444 e. The first kappa shape index (κ1) is 18.2.